The number of likely N-dealkylation sites (tertiary alicyclic amines) is 1. The lowest BCUT2D eigenvalue weighted by Crippen LogP contribution is -2.52. The van der Waals surface area contributed by atoms with Gasteiger partial charge in [0, 0.05) is 30.6 Å². The Labute approximate surface area is 192 Å². The number of piperidine rings is 3. The molecule has 1 aromatic carbocycles. The van der Waals surface area contributed by atoms with Crippen LogP contribution in [-0.4, -0.2) is 72.3 Å². The normalized spacial score (nSPS) is 24.6. The largest absolute Gasteiger partial charge is 0.483 e. The fourth-order valence-electron chi connectivity index (χ4n) is 5.61. The maximum absolute atomic E-state index is 12.9. The molecule has 5 rings (SSSR count). The third-order valence-corrected chi connectivity index (χ3v) is 7.73. The first-order valence-electron chi connectivity index (χ1n) is 11.8. The number of carbonyl (C=O) groups excluding carboxylic acids is 4. The van der Waals surface area contributed by atoms with Crippen molar-refractivity contribution in [3.05, 3.63) is 29.3 Å². The van der Waals surface area contributed by atoms with Crippen LogP contribution in [0.1, 0.15) is 54.4 Å². The van der Waals surface area contributed by atoms with E-state index in [4.69, 9.17) is 4.74 Å². The van der Waals surface area contributed by atoms with E-state index < -0.39 is 11.9 Å². The Kier molecular flexibility index (Phi) is 5.82. The van der Waals surface area contributed by atoms with Crippen LogP contribution in [0.3, 0.4) is 0 Å². The van der Waals surface area contributed by atoms with Gasteiger partial charge in [0.05, 0.1) is 6.54 Å². The number of benzene rings is 1. The number of rotatable bonds is 4. The molecule has 0 aliphatic carbocycles. The molecule has 4 amide bonds. The predicted molar refractivity (Wildman–Crippen MR) is 118 cm³/mol. The molecule has 1 aromatic rings. The molecule has 4 heterocycles. The molecule has 3 saturated heterocycles. The zero-order chi connectivity index (χ0) is 23.0. The molecular formula is C24H30N4O5. The van der Waals surface area contributed by atoms with E-state index in [0.717, 1.165) is 39.0 Å². The van der Waals surface area contributed by atoms with Crippen LogP contribution in [0.25, 0.3) is 0 Å². The van der Waals surface area contributed by atoms with E-state index >= 15 is 0 Å². The Bertz CT molecular complexity index is 977. The minimum Gasteiger partial charge on any atom is -0.483 e. The minimum absolute atomic E-state index is 0.0391. The topological polar surface area (TPSA) is 108 Å². The summed E-state index contributed by atoms with van der Waals surface area (Å²) >= 11 is 0. The van der Waals surface area contributed by atoms with E-state index in [1.165, 1.54) is 17.7 Å². The number of fused-ring (bicyclic) bond motifs is 1. The highest BCUT2D eigenvalue weighted by molar-refractivity contribution is 6.05. The van der Waals surface area contributed by atoms with Crippen LogP contribution in [-0.2, 0) is 20.9 Å². The van der Waals surface area contributed by atoms with E-state index in [2.05, 4.69) is 10.6 Å². The van der Waals surface area contributed by atoms with Gasteiger partial charge in [0.25, 0.3) is 11.8 Å². The maximum Gasteiger partial charge on any atom is 0.260 e. The zero-order valence-corrected chi connectivity index (χ0v) is 18.7. The quantitative estimate of drug-likeness (QED) is 0.653. The summed E-state index contributed by atoms with van der Waals surface area (Å²) in [6.45, 7) is 3.80. The second-order valence-electron chi connectivity index (χ2n) is 9.60. The first-order valence-corrected chi connectivity index (χ1v) is 11.8. The molecule has 4 aliphatic heterocycles. The Balaban J connectivity index is 1.20. The van der Waals surface area contributed by atoms with Crippen LogP contribution in [0.5, 0.6) is 5.75 Å². The predicted octanol–water partition coefficient (Wildman–Crippen LogP) is 0.819. The standard InChI is InChI=1S/C24H30N4O5/c29-20-5-4-18(22(31)26-20)28-14-17-16(23(28)32)2-1-3-19(17)33-15-21(30)27-12-8-24(9-13-27)6-10-25-11-7-24/h1-3,18,25H,4-15H2,(H,26,29,31). The highest BCUT2D eigenvalue weighted by Crippen LogP contribution is 2.39. The number of hydrogen-bond acceptors (Lipinski definition) is 6. The molecule has 9 nitrogen and oxygen atoms in total. The monoisotopic (exact) mass is 454 g/mol. The van der Waals surface area contributed by atoms with E-state index in [1.54, 1.807) is 18.2 Å². The van der Waals surface area contributed by atoms with Crippen molar-refractivity contribution in [2.24, 2.45) is 5.41 Å². The lowest BCUT2D eigenvalue weighted by atomic mass is 9.71. The molecule has 9 heteroatoms. The summed E-state index contributed by atoms with van der Waals surface area (Å²) in [6, 6.07) is 4.52. The third kappa shape index (κ3) is 4.21. The Morgan fingerprint density at radius 1 is 1.09 bits per heavy atom. The molecule has 4 aliphatic rings. The van der Waals surface area contributed by atoms with Crippen LogP contribution in [0.15, 0.2) is 18.2 Å². The molecule has 3 fully saturated rings. The summed E-state index contributed by atoms with van der Waals surface area (Å²) in [5.41, 5.74) is 1.55. The number of amides is 4. The van der Waals surface area contributed by atoms with Gasteiger partial charge in [-0.3, -0.25) is 24.5 Å². The van der Waals surface area contributed by atoms with Crippen LogP contribution in [0.2, 0.25) is 0 Å². The lowest BCUT2D eigenvalue weighted by Gasteiger charge is -2.44. The molecular weight excluding hydrogens is 424 g/mol. The summed E-state index contributed by atoms with van der Waals surface area (Å²) in [5.74, 6) is -0.549. The van der Waals surface area contributed by atoms with E-state index in [9.17, 15) is 19.2 Å². The number of nitrogens with zero attached hydrogens (tertiary/aromatic N) is 2. The molecule has 1 unspecified atom stereocenters. The zero-order valence-electron chi connectivity index (χ0n) is 18.7. The minimum atomic E-state index is -0.673. The first kappa shape index (κ1) is 21.9. The Morgan fingerprint density at radius 3 is 2.58 bits per heavy atom. The van der Waals surface area contributed by atoms with Gasteiger partial charge in [-0.25, -0.2) is 0 Å². The van der Waals surface area contributed by atoms with Gasteiger partial charge in [-0.05, 0) is 62.7 Å². The summed E-state index contributed by atoms with van der Waals surface area (Å²) < 4.78 is 5.89. The van der Waals surface area contributed by atoms with E-state index in [0.29, 0.717) is 28.7 Å². The van der Waals surface area contributed by atoms with Gasteiger partial charge >= 0.3 is 0 Å². The van der Waals surface area contributed by atoms with Crippen molar-refractivity contribution >= 4 is 23.6 Å². The summed E-state index contributed by atoms with van der Waals surface area (Å²) in [7, 11) is 0. The lowest BCUT2D eigenvalue weighted by molar-refractivity contribution is -0.137. The third-order valence-electron chi connectivity index (χ3n) is 7.73. The highest BCUT2D eigenvalue weighted by Gasteiger charge is 2.40. The van der Waals surface area contributed by atoms with Gasteiger partial charge in [-0.1, -0.05) is 6.07 Å². The number of ether oxygens (including phenoxy) is 1. The second-order valence-corrected chi connectivity index (χ2v) is 9.60. The smallest absolute Gasteiger partial charge is 0.260 e. The molecule has 176 valence electrons. The maximum atomic E-state index is 12.9. The van der Waals surface area contributed by atoms with Crippen molar-refractivity contribution < 1.29 is 23.9 Å². The van der Waals surface area contributed by atoms with Crippen LogP contribution in [0, 0.1) is 5.41 Å². The fraction of sp³-hybridized carbons (Fsp3) is 0.583. The van der Waals surface area contributed by atoms with Gasteiger partial charge < -0.3 is 19.9 Å². The van der Waals surface area contributed by atoms with Crippen molar-refractivity contribution in [2.45, 2.75) is 51.1 Å². The molecule has 0 radical (unpaired) electrons. The number of hydrogen-bond donors (Lipinski definition) is 2. The molecule has 0 aromatic heterocycles. The van der Waals surface area contributed by atoms with Crippen LogP contribution in [0.4, 0.5) is 0 Å². The fourth-order valence-corrected chi connectivity index (χ4v) is 5.61. The Morgan fingerprint density at radius 2 is 1.85 bits per heavy atom. The second kappa shape index (κ2) is 8.78. The van der Waals surface area contributed by atoms with Gasteiger partial charge in [0.15, 0.2) is 6.61 Å². The highest BCUT2D eigenvalue weighted by atomic mass is 16.5. The van der Waals surface area contributed by atoms with Gasteiger partial charge in [0.1, 0.15) is 11.8 Å². The van der Waals surface area contributed by atoms with E-state index in [-0.39, 0.29) is 37.3 Å². The average molecular weight is 455 g/mol. The van der Waals surface area contributed by atoms with Gasteiger partial charge in [0.2, 0.25) is 11.8 Å². The van der Waals surface area contributed by atoms with Crippen LogP contribution < -0.4 is 15.4 Å². The van der Waals surface area contributed by atoms with Gasteiger partial charge in [-0.2, -0.15) is 0 Å². The molecule has 33 heavy (non-hydrogen) atoms. The molecule has 2 N–H and O–H groups in total. The summed E-state index contributed by atoms with van der Waals surface area (Å²) in [4.78, 5) is 52.9. The average Bonchev–Trinajstić information content (AvgIpc) is 3.15. The number of imide groups is 1. The van der Waals surface area contributed by atoms with Crippen molar-refractivity contribution in [3.8, 4) is 5.75 Å². The van der Waals surface area contributed by atoms with Gasteiger partial charge in [-0.15, -0.1) is 0 Å². The van der Waals surface area contributed by atoms with Crippen molar-refractivity contribution in [1.29, 1.82) is 0 Å². The summed E-state index contributed by atoms with van der Waals surface area (Å²) in [6.07, 6.45) is 4.96. The molecule has 1 atom stereocenters. The van der Waals surface area contributed by atoms with Crippen LogP contribution >= 0.6 is 0 Å². The first-order chi connectivity index (χ1) is 16.0. The number of nitrogens with one attached hydrogen (secondary N) is 2. The van der Waals surface area contributed by atoms with E-state index in [1.807, 2.05) is 4.90 Å². The SMILES string of the molecule is O=C1CCC(N2Cc3c(OCC(=O)N4CCC5(CCNCC5)CC4)cccc3C2=O)C(=O)N1. The van der Waals surface area contributed by atoms with Crippen molar-refractivity contribution in [1.82, 2.24) is 20.4 Å². The molecule has 0 bridgehead atoms. The van der Waals surface area contributed by atoms with Crippen molar-refractivity contribution in [2.75, 3.05) is 32.8 Å². The molecule has 1 spiro atoms. The summed E-state index contributed by atoms with van der Waals surface area (Å²) in [5, 5.41) is 5.72. The number of carbonyl (C=O) groups is 4. The Hall–Kier alpha value is -2.94. The van der Waals surface area contributed by atoms with Crippen molar-refractivity contribution in [3.63, 3.8) is 0 Å². The molecule has 0 saturated carbocycles.